The maximum atomic E-state index is 12.1. The Morgan fingerprint density at radius 2 is 1.89 bits per heavy atom. The molecule has 0 saturated heterocycles. The fourth-order valence-electron chi connectivity index (χ4n) is 0.513. The number of halogens is 2. The third-order valence-corrected chi connectivity index (χ3v) is 0.779. The van der Waals surface area contributed by atoms with Gasteiger partial charge in [-0.3, -0.25) is 0 Å². The van der Waals surface area contributed by atoms with Crippen LogP contribution in [0.5, 0.6) is 0 Å². The van der Waals surface area contributed by atoms with Crippen molar-refractivity contribution in [1.29, 1.82) is 0 Å². The van der Waals surface area contributed by atoms with E-state index in [1.54, 1.807) is 0 Å². The molecule has 0 radical (unpaired) electrons. The van der Waals surface area contributed by atoms with Gasteiger partial charge < -0.3 is 10.0 Å². The van der Waals surface area contributed by atoms with Gasteiger partial charge in [-0.2, -0.15) is 0 Å². The summed E-state index contributed by atoms with van der Waals surface area (Å²) in [7, 11) is 3.06. The second-order valence-electron chi connectivity index (χ2n) is 2.25. The molecule has 0 rings (SSSR count). The van der Waals surface area contributed by atoms with Crippen LogP contribution < -0.4 is 0 Å². The van der Waals surface area contributed by atoms with E-state index in [4.69, 9.17) is 5.11 Å². The highest BCUT2D eigenvalue weighted by molar-refractivity contribution is 4.66. The van der Waals surface area contributed by atoms with E-state index in [-0.39, 0.29) is 0 Å². The molecule has 0 heterocycles. The average Bonchev–Trinajstić information content (AvgIpc) is 1.63. The summed E-state index contributed by atoms with van der Waals surface area (Å²) >= 11 is 0. The quantitative estimate of drug-likeness (QED) is 0.602. The molecule has 1 N–H and O–H groups in total. The third-order valence-electron chi connectivity index (χ3n) is 0.779. The molecule has 0 amide bonds. The summed E-state index contributed by atoms with van der Waals surface area (Å²) in [5.41, 5.74) is 0. The van der Waals surface area contributed by atoms with Crippen LogP contribution in [0.3, 0.4) is 0 Å². The van der Waals surface area contributed by atoms with Crippen molar-refractivity contribution in [2.24, 2.45) is 0 Å². The van der Waals surface area contributed by atoms with Crippen molar-refractivity contribution in [3.8, 4) is 0 Å². The van der Waals surface area contributed by atoms with Gasteiger partial charge in [0, 0.05) is 0 Å². The van der Waals surface area contributed by atoms with Gasteiger partial charge in [-0.15, -0.1) is 0 Å². The number of alkyl halides is 2. The van der Waals surface area contributed by atoms with Crippen molar-refractivity contribution >= 4 is 0 Å². The van der Waals surface area contributed by atoms with E-state index in [0.717, 1.165) is 0 Å². The Labute approximate surface area is 53.1 Å². The van der Waals surface area contributed by atoms with Gasteiger partial charge in [0.25, 0.3) is 5.92 Å². The highest BCUT2D eigenvalue weighted by atomic mass is 19.3. The number of aliphatic hydroxyl groups excluding tert-OH is 1. The Bertz CT molecular complexity index is 85.0. The minimum absolute atomic E-state index is 0.399. The van der Waals surface area contributed by atoms with Gasteiger partial charge in [-0.05, 0) is 14.1 Å². The molecule has 0 aromatic rings. The van der Waals surface area contributed by atoms with Crippen LogP contribution in [-0.4, -0.2) is 43.2 Å². The Morgan fingerprint density at radius 1 is 1.44 bits per heavy atom. The molecule has 2 nitrogen and oxygen atoms in total. The maximum Gasteiger partial charge on any atom is 0.283 e. The molecule has 9 heavy (non-hydrogen) atoms. The maximum absolute atomic E-state index is 12.1. The summed E-state index contributed by atoms with van der Waals surface area (Å²) in [5, 5.41) is 8.07. The molecule has 0 spiro atoms. The average molecular weight is 139 g/mol. The first-order valence-electron chi connectivity index (χ1n) is 2.61. The van der Waals surface area contributed by atoms with Gasteiger partial charge in [0.15, 0.2) is 0 Å². The predicted molar refractivity (Wildman–Crippen MR) is 30.6 cm³/mol. The van der Waals surface area contributed by atoms with Gasteiger partial charge >= 0.3 is 0 Å². The van der Waals surface area contributed by atoms with E-state index in [1.807, 2.05) is 0 Å². The Kier molecular flexibility index (Phi) is 3.00. The topological polar surface area (TPSA) is 23.5 Å². The number of aliphatic hydroxyl groups is 1. The fraction of sp³-hybridized carbons (Fsp3) is 1.00. The molecule has 0 aromatic carbocycles. The first kappa shape index (κ1) is 8.78. The smallest absolute Gasteiger partial charge is 0.283 e. The first-order chi connectivity index (χ1) is 3.98. The summed E-state index contributed by atoms with van der Waals surface area (Å²) in [5.74, 6) is -2.95. The van der Waals surface area contributed by atoms with Crippen LogP contribution in [0, 0.1) is 0 Å². The molecular formula is C5H11F2NO. The van der Waals surface area contributed by atoms with Crippen molar-refractivity contribution < 1.29 is 13.9 Å². The normalized spacial score (nSPS) is 12.7. The molecule has 0 unspecified atom stereocenters. The van der Waals surface area contributed by atoms with Crippen LogP contribution >= 0.6 is 0 Å². The lowest BCUT2D eigenvalue weighted by atomic mass is 10.3. The predicted octanol–water partition coefficient (Wildman–Crippen LogP) is 0.176. The lowest BCUT2D eigenvalue weighted by Gasteiger charge is -2.17. The van der Waals surface area contributed by atoms with Crippen LogP contribution in [0.1, 0.15) is 0 Å². The van der Waals surface area contributed by atoms with Crippen molar-refractivity contribution in [3.05, 3.63) is 0 Å². The lowest BCUT2D eigenvalue weighted by Crippen LogP contribution is -2.34. The highest BCUT2D eigenvalue weighted by Crippen LogP contribution is 2.11. The van der Waals surface area contributed by atoms with Crippen LogP contribution in [0.25, 0.3) is 0 Å². The lowest BCUT2D eigenvalue weighted by molar-refractivity contribution is -0.0651. The van der Waals surface area contributed by atoms with E-state index in [0.29, 0.717) is 0 Å². The van der Waals surface area contributed by atoms with Crippen LogP contribution in [0.4, 0.5) is 8.78 Å². The van der Waals surface area contributed by atoms with Crippen molar-refractivity contribution in [3.63, 3.8) is 0 Å². The van der Waals surface area contributed by atoms with Gasteiger partial charge in [0.05, 0.1) is 6.54 Å². The zero-order chi connectivity index (χ0) is 7.49. The number of nitrogens with zero attached hydrogens (tertiary/aromatic N) is 1. The van der Waals surface area contributed by atoms with E-state index in [2.05, 4.69) is 0 Å². The third kappa shape index (κ3) is 4.29. The summed E-state index contributed by atoms with van der Waals surface area (Å²) in [6.45, 7) is -1.48. The number of rotatable bonds is 3. The fourth-order valence-corrected chi connectivity index (χ4v) is 0.513. The van der Waals surface area contributed by atoms with Gasteiger partial charge in [-0.25, -0.2) is 8.78 Å². The molecule has 56 valence electrons. The van der Waals surface area contributed by atoms with E-state index in [9.17, 15) is 8.78 Å². The molecule has 0 aliphatic rings. The molecular weight excluding hydrogens is 128 g/mol. The number of hydrogen-bond donors (Lipinski definition) is 1. The Hall–Kier alpha value is -0.220. The van der Waals surface area contributed by atoms with Crippen LogP contribution in [0.2, 0.25) is 0 Å². The zero-order valence-corrected chi connectivity index (χ0v) is 5.56. The first-order valence-corrected chi connectivity index (χ1v) is 2.61. The summed E-state index contributed by atoms with van der Waals surface area (Å²) in [6.07, 6.45) is 0. The molecule has 0 aromatic heterocycles. The van der Waals surface area contributed by atoms with E-state index < -0.39 is 19.1 Å². The summed E-state index contributed by atoms with van der Waals surface area (Å²) < 4.78 is 24.2. The molecule has 0 aliphatic heterocycles. The number of hydrogen-bond acceptors (Lipinski definition) is 2. The van der Waals surface area contributed by atoms with Crippen molar-refractivity contribution in [2.75, 3.05) is 27.2 Å². The minimum atomic E-state index is -2.95. The van der Waals surface area contributed by atoms with Crippen molar-refractivity contribution in [1.82, 2.24) is 4.90 Å². The second-order valence-corrected chi connectivity index (χ2v) is 2.25. The van der Waals surface area contributed by atoms with E-state index >= 15 is 0 Å². The standard InChI is InChI=1S/C5H11F2NO/c1-8(2)3-5(6,7)4-9/h9H,3-4H2,1-2H3. The van der Waals surface area contributed by atoms with Crippen LogP contribution in [0.15, 0.2) is 0 Å². The zero-order valence-electron chi connectivity index (χ0n) is 5.56. The van der Waals surface area contributed by atoms with Crippen LogP contribution in [-0.2, 0) is 0 Å². The molecule has 0 fully saturated rings. The molecule has 0 saturated carbocycles. The molecule has 4 heteroatoms. The van der Waals surface area contributed by atoms with Crippen molar-refractivity contribution in [2.45, 2.75) is 5.92 Å². The molecule has 0 bridgehead atoms. The minimum Gasteiger partial charge on any atom is -0.390 e. The van der Waals surface area contributed by atoms with Gasteiger partial charge in [-0.1, -0.05) is 0 Å². The summed E-state index contributed by atoms with van der Waals surface area (Å²) in [6, 6.07) is 0. The SMILES string of the molecule is CN(C)CC(F)(F)CO. The van der Waals surface area contributed by atoms with Gasteiger partial charge in [0.1, 0.15) is 6.61 Å². The molecule has 0 aliphatic carbocycles. The van der Waals surface area contributed by atoms with E-state index in [1.165, 1.54) is 19.0 Å². The largest absolute Gasteiger partial charge is 0.390 e. The second kappa shape index (κ2) is 3.08. The Balaban J connectivity index is 3.58. The molecule has 0 atom stereocenters. The summed E-state index contributed by atoms with van der Waals surface area (Å²) in [4.78, 5) is 1.33. The monoisotopic (exact) mass is 139 g/mol. The highest BCUT2D eigenvalue weighted by Gasteiger charge is 2.27. The Morgan fingerprint density at radius 3 is 2.00 bits per heavy atom. The van der Waals surface area contributed by atoms with Gasteiger partial charge in [0.2, 0.25) is 0 Å².